The Hall–Kier alpha value is -2.51. The molecule has 0 amide bonds. The van der Waals surface area contributed by atoms with Crippen LogP contribution in [0, 0.1) is 10.1 Å². The van der Waals surface area contributed by atoms with Crippen LogP contribution in [-0.4, -0.2) is 40.1 Å². The van der Waals surface area contributed by atoms with E-state index in [2.05, 4.69) is 41.2 Å². The number of hydrogen-bond donors (Lipinski definition) is 1. The SMILES string of the molecule is C[C@H]1CN(Cc2ccc(CNc3ncccc3[N+](=O)[O-])cc2)C[C@H](C)O1. The Morgan fingerprint density at radius 3 is 2.50 bits per heavy atom. The van der Waals surface area contributed by atoms with Crippen molar-refractivity contribution in [2.24, 2.45) is 0 Å². The van der Waals surface area contributed by atoms with E-state index in [0.717, 1.165) is 25.2 Å². The molecule has 2 aromatic rings. The van der Waals surface area contributed by atoms with Crippen molar-refractivity contribution in [3.05, 3.63) is 63.8 Å². The maximum Gasteiger partial charge on any atom is 0.311 e. The van der Waals surface area contributed by atoms with E-state index in [-0.39, 0.29) is 23.7 Å². The smallest absolute Gasteiger partial charge is 0.311 e. The molecule has 1 aromatic heterocycles. The zero-order valence-electron chi connectivity index (χ0n) is 15.1. The van der Waals surface area contributed by atoms with Gasteiger partial charge < -0.3 is 10.1 Å². The third kappa shape index (κ3) is 4.77. The summed E-state index contributed by atoms with van der Waals surface area (Å²) in [4.78, 5) is 17.1. The monoisotopic (exact) mass is 356 g/mol. The van der Waals surface area contributed by atoms with Crippen LogP contribution < -0.4 is 5.32 Å². The Morgan fingerprint density at radius 1 is 1.19 bits per heavy atom. The molecule has 1 saturated heterocycles. The summed E-state index contributed by atoms with van der Waals surface area (Å²) in [6.45, 7) is 7.48. The normalized spacial score (nSPS) is 20.7. The van der Waals surface area contributed by atoms with Crippen LogP contribution in [0.15, 0.2) is 42.6 Å². The molecule has 0 radical (unpaired) electrons. The minimum absolute atomic E-state index is 0.0142. The molecule has 1 aromatic carbocycles. The average molecular weight is 356 g/mol. The van der Waals surface area contributed by atoms with Crippen LogP contribution in [0.25, 0.3) is 0 Å². The van der Waals surface area contributed by atoms with Crippen LogP contribution in [0.2, 0.25) is 0 Å². The van der Waals surface area contributed by atoms with Crippen molar-refractivity contribution in [1.82, 2.24) is 9.88 Å². The Bertz CT molecular complexity index is 741. The molecule has 0 bridgehead atoms. The number of benzene rings is 1. The van der Waals surface area contributed by atoms with Crippen LogP contribution in [0.5, 0.6) is 0 Å². The van der Waals surface area contributed by atoms with Gasteiger partial charge in [0.2, 0.25) is 5.82 Å². The lowest BCUT2D eigenvalue weighted by Gasteiger charge is -2.35. The van der Waals surface area contributed by atoms with Gasteiger partial charge in [-0.2, -0.15) is 0 Å². The van der Waals surface area contributed by atoms with Crippen molar-refractivity contribution in [3.8, 4) is 0 Å². The zero-order chi connectivity index (χ0) is 18.5. The summed E-state index contributed by atoms with van der Waals surface area (Å²) >= 11 is 0. The molecule has 0 spiro atoms. The summed E-state index contributed by atoms with van der Waals surface area (Å²) in [5, 5.41) is 14.1. The van der Waals surface area contributed by atoms with Crippen molar-refractivity contribution in [2.45, 2.75) is 39.1 Å². The number of nitrogens with one attached hydrogen (secondary N) is 1. The summed E-state index contributed by atoms with van der Waals surface area (Å²) < 4.78 is 5.77. The van der Waals surface area contributed by atoms with Gasteiger partial charge in [0.25, 0.3) is 0 Å². The fourth-order valence-electron chi connectivity index (χ4n) is 3.30. The van der Waals surface area contributed by atoms with Crippen molar-refractivity contribution in [2.75, 3.05) is 18.4 Å². The molecule has 7 heteroatoms. The van der Waals surface area contributed by atoms with Crippen molar-refractivity contribution in [3.63, 3.8) is 0 Å². The van der Waals surface area contributed by atoms with Gasteiger partial charge in [-0.15, -0.1) is 0 Å². The van der Waals surface area contributed by atoms with Crippen LogP contribution in [0.4, 0.5) is 11.5 Å². The molecule has 0 unspecified atom stereocenters. The number of ether oxygens (including phenoxy) is 1. The highest BCUT2D eigenvalue weighted by Crippen LogP contribution is 2.21. The van der Waals surface area contributed by atoms with Crippen LogP contribution in [-0.2, 0) is 17.8 Å². The number of rotatable bonds is 6. The van der Waals surface area contributed by atoms with E-state index < -0.39 is 4.92 Å². The number of nitro groups is 1. The number of nitrogens with zero attached hydrogens (tertiary/aromatic N) is 3. The fourth-order valence-corrected chi connectivity index (χ4v) is 3.30. The standard InChI is InChI=1S/C19H24N4O3/c1-14-11-22(12-15(2)26-14)13-17-7-5-16(6-8-17)10-21-19-18(23(24)25)4-3-9-20-19/h3-9,14-15H,10-13H2,1-2H3,(H,20,21)/t14-,15-/m0/s1. The quantitative estimate of drug-likeness (QED) is 0.632. The number of hydrogen-bond acceptors (Lipinski definition) is 6. The van der Waals surface area contributed by atoms with Gasteiger partial charge in [-0.3, -0.25) is 15.0 Å². The van der Waals surface area contributed by atoms with Crippen LogP contribution in [0.3, 0.4) is 0 Å². The molecule has 138 valence electrons. The van der Waals surface area contributed by atoms with Gasteiger partial charge in [0.05, 0.1) is 17.1 Å². The fraction of sp³-hybridized carbons (Fsp3) is 0.421. The molecule has 0 saturated carbocycles. The van der Waals surface area contributed by atoms with Crippen molar-refractivity contribution >= 4 is 11.5 Å². The van der Waals surface area contributed by atoms with E-state index in [1.165, 1.54) is 11.6 Å². The first-order chi connectivity index (χ1) is 12.5. The predicted molar refractivity (Wildman–Crippen MR) is 99.9 cm³/mol. The molecule has 0 aliphatic carbocycles. The number of pyridine rings is 1. The molecule has 1 fully saturated rings. The Morgan fingerprint density at radius 2 is 1.85 bits per heavy atom. The lowest BCUT2D eigenvalue weighted by Crippen LogP contribution is -2.44. The molecule has 2 atom stereocenters. The summed E-state index contributed by atoms with van der Waals surface area (Å²) in [7, 11) is 0. The van der Waals surface area contributed by atoms with Gasteiger partial charge in [0, 0.05) is 38.4 Å². The number of aromatic nitrogens is 1. The Kier molecular flexibility index (Phi) is 5.80. The molecular formula is C19H24N4O3. The molecule has 26 heavy (non-hydrogen) atoms. The highest BCUT2D eigenvalue weighted by molar-refractivity contribution is 5.55. The average Bonchev–Trinajstić information content (AvgIpc) is 2.60. The maximum absolute atomic E-state index is 11.0. The lowest BCUT2D eigenvalue weighted by atomic mass is 10.1. The predicted octanol–water partition coefficient (Wildman–Crippen LogP) is 3.21. The molecular weight excluding hydrogens is 332 g/mol. The third-order valence-electron chi connectivity index (χ3n) is 4.37. The zero-order valence-corrected chi connectivity index (χ0v) is 15.1. The minimum atomic E-state index is -0.428. The van der Waals surface area contributed by atoms with Crippen molar-refractivity contribution < 1.29 is 9.66 Å². The van der Waals surface area contributed by atoms with E-state index in [4.69, 9.17) is 4.74 Å². The Labute approximate surface area is 153 Å². The van der Waals surface area contributed by atoms with Gasteiger partial charge in [-0.25, -0.2) is 4.98 Å². The molecule has 2 heterocycles. The molecule has 1 aliphatic rings. The van der Waals surface area contributed by atoms with Crippen molar-refractivity contribution in [1.29, 1.82) is 0 Å². The number of morpholine rings is 1. The molecule has 1 N–H and O–H groups in total. The second kappa shape index (κ2) is 8.25. The molecule has 7 nitrogen and oxygen atoms in total. The minimum Gasteiger partial charge on any atom is -0.373 e. The number of anilines is 1. The highest BCUT2D eigenvalue weighted by atomic mass is 16.6. The molecule has 3 rings (SSSR count). The van der Waals surface area contributed by atoms with Gasteiger partial charge in [-0.1, -0.05) is 24.3 Å². The lowest BCUT2D eigenvalue weighted by molar-refractivity contribution is -0.384. The summed E-state index contributed by atoms with van der Waals surface area (Å²) in [6.07, 6.45) is 2.07. The highest BCUT2D eigenvalue weighted by Gasteiger charge is 2.22. The van der Waals surface area contributed by atoms with Crippen LogP contribution in [0.1, 0.15) is 25.0 Å². The largest absolute Gasteiger partial charge is 0.373 e. The second-order valence-electron chi connectivity index (χ2n) is 6.75. The first kappa shape index (κ1) is 18.3. The van der Waals surface area contributed by atoms with Gasteiger partial charge >= 0.3 is 5.69 Å². The molecule has 1 aliphatic heterocycles. The van der Waals surface area contributed by atoms with E-state index in [9.17, 15) is 10.1 Å². The summed E-state index contributed by atoms with van der Waals surface area (Å²) in [5.74, 6) is 0.290. The van der Waals surface area contributed by atoms with Crippen LogP contribution >= 0.6 is 0 Å². The Balaban J connectivity index is 1.57. The van der Waals surface area contributed by atoms with Gasteiger partial charge in [0.1, 0.15) is 0 Å². The first-order valence-electron chi connectivity index (χ1n) is 8.80. The van der Waals surface area contributed by atoms with E-state index in [1.54, 1.807) is 12.3 Å². The second-order valence-corrected chi connectivity index (χ2v) is 6.75. The van der Waals surface area contributed by atoms with E-state index in [1.807, 2.05) is 12.1 Å². The van der Waals surface area contributed by atoms with E-state index in [0.29, 0.717) is 6.54 Å². The topological polar surface area (TPSA) is 80.5 Å². The van der Waals surface area contributed by atoms with Gasteiger partial charge in [0.15, 0.2) is 0 Å². The van der Waals surface area contributed by atoms with E-state index >= 15 is 0 Å². The first-order valence-corrected chi connectivity index (χ1v) is 8.80. The summed E-state index contributed by atoms with van der Waals surface area (Å²) in [5.41, 5.74) is 2.29. The maximum atomic E-state index is 11.0. The third-order valence-corrected chi connectivity index (χ3v) is 4.37. The van der Waals surface area contributed by atoms with Gasteiger partial charge in [-0.05, 0) is 31.0 Å². The summed E-state index contributed by atoms with van der Waals surface area (Å²) in [6, 6.07) is 11.3.